The summed E-state index contributed by atoms with van der Waals surface area (Å²) in [7, 11) is -3.80. The van der Waals surface area contributed by atoms with E-state index in [2.05, 4.69) is 98.5 Å². The van der Waals surface area contributed by atoms with Gasteiger partial charge in [0.2, 0.25) is 0 Å². The van der Waals surface area contributed by atoms with Gasteiger partial charge in [-0.25, -0.2) is 4.98 Å². The van der Waals surface area contributed by atoms with Crippen molar-refractivity contribution in [2.45, 2.75) is 119 Å². The molecule has 0 fully saturated rings. The Morgan fingerprint density at radius 3 is 1.06 bits per heavy atom. The lowest BCUT2D eigenvalue weighted by molar-refractivity contribution is 0.622. The Morgan fingerprint density at radius 2 is 0.848 bits per heavy atom. The van der Waals surface area contributed by atoms with Crippen molar-refractivity contribution in [1.29, 1.82) is 0 Å². The van der Waals surface area contributed by atoms with E-state index in [1.807, 2.05) is 12.4 Å². The van der Waals surface area contributed by atoms with Crippen LogP contribution in [0, 0.1) is 35.5 Å². The minimum Gasteiger partial charge on any atom is -0.407 e. The summed E-state index contributed by atoms with van der Waals surface area (Å²) in [5.41, 5.74) is 0. The van der Waals surface area contributed by atoms with E-state index in [-0.39, 0.29) is 0 Å². The number of rotatable bonds is 15. The van der Waals surface area contributed by atoms with Crippen LogP contribution in [0.1, 0.15) is 83.1 Å². The normalized spacial score (nSPS) is 13.4. The molecule has 1 aromatic heterocycles. The Labute approximate surface area is 209 Å². The molecule has 0 bridgehead atoms. The zero-order valence-electron chi connectivity index (χ0n) is 24.3. The van der Waals surface area contributed by atoms with Gasteiger partial charge in [0.15, 0.2) is 0 Å². The first-order chi connectivity index (χ1) is 15.2. The van der Waals surface area contributed by atoms with Crippen molar-refractivity contribution in [3.63, 3.8) is 0 Å². The summed E-state index contributed by atoms with van der Waals surface area (Å²) < 4.78 is 3.15. The predicted molar refractivity (Wildman–Crippen MR) is 154 cm³/mol. The molecule has 1 heterocycles. The zero-order chi connectivity index (χ0) is 25.4. The standard InChI is InChI=1S/C28H57N3Si2/c1-22(2)16-32(17-23(3)4,18-24(5)6)31(28-15-29-13-14-30-28)33(19-25(7)8,20-26(9)10)21-27(11)12/h13-15,22-27H,16-21H2,1-12H3. The lowest BCUT2D eigenvalue weighted by atomic mass is 10.2. The molecular formula is C28H57N3Si2. The number of anilines is 1. The Kier molecular flexibility index (Phi) is 12.3. The van der Waals surface area contributed by atoms with Gasteiger partial charge < -0.3 is 4.23 Å². The van der Waals surface area contributed by atoms with Gasteiger partial charge in [-0.05, 0) is 71.8 Å². The van der Waals surface area contributed by atoms with E-state index in [1.54, 1.807) is 0 Å². The molecule has 0 aromatic carbocycles. The van der Waals surface area contributed by atoms with Crippen molar-refractivity contribution in [1.82, 2.24) is 9.97 Å². The zero-order valence-corrected chi connectivity index (χ0v) is 26.3. The van der Waals surface area contributed by atoms with Crippen LogP contribution in [-0.4, -0.2) is 26.4 Å². The van der Waals surface area contributed by atoms with Crippen LogP contribution in [-0.2, 0) is 0 Å². The number of hydrogen-bond donors (Lipinski definition) is 0. The molecule has 33 heavy (non-hydrogen) atoms. The Bertz CT molecular complexity index is 565. The minimum atomic E-state index is -1.90. The first-order valence-electron chi connectivity index (χ1n) is 13.8. The second-order valence-corrected chi connectivity index (χ2v) is 22.1. The van der Waals surface area contributed by atoms with Gasteiger partial charge in [0.1, 0.15) is 22.3 Å². The maximum atomic E-state index is 5.09. The fourth-order valence-electron chi connectivity index (χ4n) is 7.00. The summed E-state index contributed by atoms with van der Waals surface area (Å²) in [5, 5.41) is 0. The fraction of sp³-hybridized carbons (Fsp3) is 0.857. The summed E-state index contributed by atoms with van der Waals surface area (Å²) in [4.78, 5) is 9.74. The molecule has 0 aliphatic carbocycles. The van der Waals surface area contributed by atoms with Crippen LogP contribution < -0.4 is 4.23 Å². The summed E-state index contributed by atoms with van der Waals surface area (Å²) in [6.45, 7) is 29.4. The highest BCUT2D eigenvalue weighted by atomic mass is 28.4. The molecule has 0 aliphatic rings. The predicted octanol–water partition coefficient (Wildman–Crippen LogP) is 9.11. The molecule has 1 aromatic rings. The molecule has 0 N–H and O–H groups in total. The van der Waals surface area contributed by atoms with Crippen LogP contribution in [0.5, 0.6) is 0 Å². The molecule has 0 saturated heterocycles. The van der Waals surface area contributed by atoms with Gasteiger partial charge in [0.25, 0.3) is 0 Å². The van der Waals surface area contributed by atoms with Gasteiger partial charge >= 0.3 is 0 Å². The molecule has 0 radical (unpaired) electrons. The highest BCUT2D eigenvalue weighted by Gasteiger charge is 2.52. The van der Waals surface area contributed by atoms with Crippen LogP contribution in [0.3, 0.4) is 0 Å². The van der Waals surface area contributed by atoms with Gasteiger partial charge in [0.05, 0.1) is 6.20 Å². The van der Waals surface area contributed by atoms with Crippen LogP contribution in [0.15, 0.2) is 18.6 Å². The number of hydrogen-bond acceptors (Lipinski definition) is 3. The van der Waals surface area contributed by atoms with Gasteiger partial charge in [-0.15, -0.1) is 0 Å². The summed E-state index contributed by atoms with van der Waals surface area (Å²) >= 11 is 0. The molecular weight excluding hydrogens is 435 g/mol. The van der Waals surface area contributed by atoms with Crippen molar-refractivity contribution >= 4 is 22.3 Å². The van der Waals surface area contributed by atoms with E-state index in [9.17, 15) is 0 Å². The second-order valence-electron chi connectivity index (χ2n) is 13.4. The molecule has 0 amide bonds. The smallest absolute Gasteiger partial charge is 0.150 e. The van der Waals surface area contributed by atoms with Gasteiger partial charge in [-0.3, -0.25) is 4.98 Å². The average molecular weight is 492 g/mol. The largest absolute Gasteiger partial charge is 0.407 e. The van der Waals surface area contributed by atoms with E-state index in [1.165, 1.54) is 42.1 Å². The topological polar surface area (TPSA) is 29.0 Å². The quantitative estimate of drug-likeness (QED) is 0.229. The lowest BCUT2D eigenvalue weighted by Gasteiger charge is -2.57. The van der Waals surface area contributed by atoms with E-state index in [4.69, 9.17) is 4.98 Å². The average Bonchev–Trinajstić information content (AvgIpc) is 2.58. The third-order valence-corrected chi connectivity index (χ3v) is 21.1. The first kappa shape index (κ1) is 30.3. The highest BCUT2D eigenvalue weighted by molar-refractivity contribution is 7.02. The minimum absolute atomic E-state index is 0.706. The highest BCUT2D eigenvalue weighted by Crippen LogP contribution is 2.46. The SMILES string of the molecule is CC(C)C[Si](CC(C)C)(CC(C)C)N(c1cnccn1)[Si](CC(C)C)(CC(C)C)CC(C)C. The first-order valence-corrected chi connectivity index (χ1v) is 18.9. The molecule has 192 valence electrons. The van der Waals surface area contributed by atoms with Crippen molar-refractivity contribution in [2.24, 2.45) is 35.5 Å². The Hall–Kier alpha value is -0.686. The van der Waals surface area contributed by atoms with Crippen molar-refractivity contribution < 1.29 is 0 Å². The van der Waals surface area contributed by atoms with Crippen LogP contribution >= 0.6 is 0 Å². The number of aromatic nitrogens is 2. The molecule has 1 rings (SSSR count). The Balaban J connectivity index is 4.04. The van der Waals surface area contributed by atoms with Crippen LogP contribution in [0.2, 0.25) is 36.3 Å². The maximum Gasteiger partial charge on any atom is 0.150 e. The maximum absolute atomic E-state index is 5.09. The number of nitrogens with zero attached hydrogens (tertiary/aromatic N) is 3. The van der Waals surface area contributed by atoms with Crippen LogP contribution in [0.25, 0.3) is 0 Å². The van der Waals surface area contributed by atoms with Crippen molar-refractivity contribution in [3.8, 4) is 0 Å². The van der Waals surface area contributed by atoms with Gasteiger partial charge in [-0.2, -0.15) is 0 Å². The molecule has 5 heteroatoms. The summed E-state index contributed by atoms with van der Waals surface area (Å²) in [6.07, 6.45) is 5.92. The van der Waals surface area contributed by atoms with Crippen LogP contribution in [0.4, 0.5) is 5.82 Å². The van der Waals surface area contributed by atoms with E-state index >= 15 is 0 Å². The molecule has 0 saturated carbocycles. The third-order valence-electron chi connectivity index (χ3n) is 6.46. The molecule has 0 aliphatic heterocycles. The monoisotopic (exact) mass is 491 g/mol. The van der Waals surface area contributed by atoms with Crippen molar-refractivity contribution in [3.05, 3.63) is 18.6 Å². The van der Waals surface area contributed by atoms with E-state index in [0.717, 1.165) is 0 Å². The third kappa shape index (κ3) is 9.47. The summed E-state index contributed by atoms with van der Waals surface area (Å²) in [5.74, 6) is 5.44. The second kappa shape index (κ2) is 13.4. The van der Waals surface area contributed by atoms with E-state index < -0.39 is 16.5 Å². The fourth-order valence-corrected chi connectivity index (χ4v) is 25.1. The van der Waals surface area contributed by atoms with E-state index in [0.29, 0.717) is 35.5 Å². The molecule has 0 atom stereocenters. The molecule has 0 unspecified atom stereocenters. The molecule has 3 nitrogen and oxygen atoms in total. The summed E-state index contributed by atoms with van der Waals surface area (Å²) in [6, 6.07) is 8.18. The lowest BCUT2D eigenvalue weighted by Crippen LogP contribution is -2.70. The van der Waals surface area contributed by atoms with Crippen molar-refractivity contribution in [2.75, 3.05) is 4.23 Å². The van der Waals surface area contributed by atoms with Gasteiger partial charge in [-0.1, -0.05) is 83.1 Å². The molecule has 0 spiro atoms. The Morgan fingerprint density at radius 1 is 0.545 bits per heavy atom. The van der Waals surface area contributed by atoms with Gasteiger partial charge in [0, 0.05) is 12.4 Å².